The zero-order valence-corrected chi connectivity index (χ0v) is 21.5. The van der Waals surface area contributed by atoms with Crippen LogP contribution in [0.3, 0.4) is 0 Å². The molecule has 3 heterocycles. The monoisotopic (exact) mass is 542 g/mol. The lowest BCUT2D eigenvalue weighted by molar-refractivity contribution is -0.911. The maximum Gasteiger partial charge on any atom is 0.258 e. The Bertz CT molecular complexity index is 1230. The number of benzene rings is 1. The highest BCUT2D eigenvalue weighted by atomic mass is 79.9. The molecule has 8 heteroatoms. The molecule has 0 radical (unpaired) electrons. The van der Waals surface area contributed by atoms with Crippen molar-refractivity contribution in [2.24, 2.45) is 7.05 Å². The topological polar surface area (TPSA) is 51.5 Å². The lowest BCUT2D eigenvalue weighted by Gasteiger charge is -2.38. The lowest BCUT2D eigenvalue weighted by atomic mass is 9.96. The number of aryl methyl sites for hydroxylation is 3. The van der Waals surface area contributed by atoms with Crippen LogP contribution in [-0.4, -0.2) is 47.1 Å². The molecule has 0 unspecified atom stereocenters. The maximum absolute atomic E-state index is 13.0. The first-order valence-electron chi connectivity index (χ1n) is 11.6. The maximum atomic E-state index is 13.0. The summed E-state index contributed by atoms with van der Waals surface area (Å²) in [6.45, 7) is 2.71. The number of nitrogens with zero attached hydrogens (tertiary/aromatic N) is 4. The van der Waals surface area contributed by atoms with Gasteiger partial charge < -0.3 is 4.90 Å². The quantitative estimate of drug-likeness (QED) is 0.408. The number of carbonyl (C=O) groups excluding carboxylic acids is 1. The van der Waals surface area contributed by atoms with Gasteiger partial charge >= 0.3 is 0 Å². The Morgan fingerprint density at radius 1 is 1.12 bits per heavy atom. The van der Waals surface area contributed by atoms with Crippen molar-refractivity contribution in [1.29, 1.82) is 0 Å². The van der Waals surface area contributed by atoms with Gasteiger partial charge in [0.2, 0.25) is 12.1 Å². The number of piperazine rings is 1. The zero-order valence-electron chi connectivity index (χ0n) is 19.1. The molecular formula is C26H28BrClN4O2+2. The van der Waals surface area contributed by atoms with Gasteiger partial charge in [-0.2, -0.15) is 0 Å². The molecule has 6 nitrogen and oxygen atoms in total. The van der Waals surface area contributed by atoms with Crippen molar-refractivity contribution in [1.82, 2.24) is 9.80 Å². The summed E-state index contributed by atoms with van der Waals surface area (Å²) in [5, 5.41) is 11.7. The second-order valence-electron chi connectivity index (χ2n) is 9.09. The zero-order chi connectivity index (χ0) is 23.8. The summed E-state index contributed by atoms with van der Waals surface area (Å²) in [7, 11) is 1.97. The molecule has 1 N–H and O–H groups in total. The summed E-state index contributed by atoms with van der Waals surface area (Å²) in [6.07, 6.45) is 7.72. The molecule has 1 aliphatic carbocycles. The fourth-order valence-corrected chi connectivity index (χ4v) is 5.91. The second-order valence-corrected chi connectivity index (χ2v) is 10.4. The Balaban J connectivity index is 1.41. The largest absolute Gasteiger partial charge is 0.340 e. The van der Waals surface area contributed by atoms with Gasteiger partial charge in [0.15, 0.2) is 12.4 Å². The normalized spacial score (nSPS) is 18.2. The lowest BCUT2D eigenvalue weighted by Crippen LogP contribution is -2.52. The highest BCUT2D eigenvalue weighted by molar-refractivity contribution is 9.10. The standard InChI is InChI=1S/C26H28BrClN4O2/c1-29-9-7-18(8-10-29)15-23(33)30-11-13-31(14-12-30)26-24-19(3-2-4-22(24)28)5-6-20-16-21(27)17-32(34)25(20)26/h2-4,7-10,16-17,26,34H,5-6,11-15H2,1H3/q+2/t26-/m1/s1. The average Bonchev–Trinajstić information content (AvgIpc) is 2.99. The van der Waals surface area contributed by atoms with E-state index in [0.717, 1.165) is 39.7 Å². The van der Waals surface area contributed by atoms with Crippen LogP contribution >= 0.6 is 27.5 Å². The van der Waals surface area contributed by atoms with Gasteiger partial charge in [-0.15, -0.1) is 0 Å². The van der Waals surface area contributed by atoms with Gasteiger partial charge in [-0.1, -0.05) is 23.7 Å². The average molecular weight is 544 g/mol. The minimum absolute atomic E-state index is 0.148. The van der Waals surface area contributed by atoms with Crippen LogP contribution in [0.25, 0.3) is 0 Å². The number of carbonyl (C=O) groups is 1. The molecule has 0 bridgehead atoms. The summed E-state index contributed by atoms with van der Waals surface area (Å²) >= 11 is 10.3. The molecule has 1 fully saturated rings. The minimum Gasteiger partial charge on any atom is -0.340 e. The van der Waals surface area contributed by atoms with Gasteiger partial charge in [0, 0.05) is 59.2 Å². The van der Waals surface area contributed by atoms with Crippen molar-refractivity contribution in [3.8, 4) is 0 Å². The Labute approximate surface area is 213 Å². The smallest absolute Gasteiger partial charge is 0.258 e. The first kappa shape index (κ1) is 23.3. The number of aromatic nitrogens is 2. The fraction of sp³-hybridized carbons (Fsp3) is 0.346. The van der Waals surface area contributed by atoms with Gasteiger partial charge in [-0.3, -0.25) is 14.9 Å². The number of fused-ring (bicyclic) bond motifs is 2. The van der Waals surface area contributed by atoms with E-state index in [1.807, 2.05) is 53.2 Å². The van der Waals surface area contributed by atoms with E-state index in [2.05, 4.69) is 33.0 Å². The molecule has 34 heavy (non-hydrogen) atoms. The highest BCUT2D eigenvalue weighted by Crippen LogP contribution is 2.39. The molecule has 1 saturated heterocycles. The second kappa shape index (κ2) is 9.64. The van der Waals surface area contributed by atoms with Crippen LogP contribution in [0.1, 0.15) is 34.0 Å². The Morgan fingerprint density at radius 2 is 1.82 bits per heavy atom. The van der Waals surface area contributed by atoms with Gasteiger partial charge in [0.05, 0.1) is 10.9 Å². The van der Waals surface area contributed by atoms with Crippen molar-refractivity contribution in [3.63, 3.8) is 0 Å². The van der Waals surface area contributed by atoms with Crippen LogP contribution in [0.5, 0.6) is 0 Å². The summed E-state index contributed by atoms with van der Waals surface area (Å²) in [6, 6.07) is 12.0. The van der Waals surface area contributed by atoms with Gasteiger partial charge in [-0.05, 0) is 52.0 Å². The molecule has 5 rings (SSSR count). The van der Waals surface area contributed by atoms with Crippen LogP contribution in [0.4, 0.5) is 0 Å². The predicted octanol–water partition coefficient (Wildman–Crippen LogP) is 3.03. The third kappa shape index (κ3) is 4.57. The highest BCUT2D eigenvalue weighted by Gasteiger charge is 2.40. The molecule has 1 amide bonds. The number of halogens is 2. The first-order valence-corrected chi connectivity index (χ1v) is 12.7. The molecule has 2 aromatic heterocycles. The molecule has 176 valence electrons. The van der Waals surface area contributed by atoms with Gasteiger partial charge in [0.25, 0.3) is 5.69 Å². The van der Waals surface area contributed by atoms with Crippen molar-refractivity contribution in [2.45, 2.75) is 25.3 Å². The van der Waals surface area contributed by atoms with Gasteiger partial charge in [0.1, 0.15) is 13.1 Å². The molecule has 3 aromatic rings. The number of amides is 1. The summed E-state index contributed by atoms with van der Waals surface area (Å²) in [5.41, 5.74) is 5.25. The molecule has 1 atom stereocenters. The third-order valence-electron chi connectivity index (χ3n) is 6.91. The number of hydrogen-bond acceptors (Lipinski definition) is 3. The first-order chi connectivity index (χ1) is 16.4. The molecule has 0 spiro atoms. The van der Waals surface area contributed by atoms with E-state index in [1.165, 1.54) is 10.3 Å². The summed E-state index contributed by atoms with van der Waals surface area (Å²) in [4.78, 5) is 17.3. The van der Waals surface area contributed by atoms with Crippen LogP contribution in [0.2, 0.25) is 5.02 Å². The molecule has 2 aliphatic rings. The van der Waals surface area contributed by atoms with Crippen LogP contribution in [0.15, 0.2) is 59.5 Å². The van der Waals surface area contributed by atoms with E-state index in [-0.39, 0.29) is 11.9 Å². The van der Waals surface area contributed by atoms with Gasteiger partial charge in [-0.25, -0.2) is 4.57 Å². The Morgan fingerprint density at radius 3 is 2.56 bits per heavy atom. The van der Waals surface area contributed by atoms with Crippen LogP contribution in [-0.2, 0) is 31.1 Å². The molecule has 1 aliphatic heterocycles. The van der Waals surface area contributed by atoms with Crippen LogP contribution < -0.4 is 9.30 Å². The van der Waals surface area contributed by atoms with E-state index in [9.17, 15) is 10.0 Å². The van der Waals surface area contributed by atoms with Crippen LogP contribution in [0, 0.1) is 0 Å². The molecular weight excluding hydrogens is 516 g/mol. The SMILES string of the molecule is C[n+]1ccc(CC(=O)N2CCN([C@@H]3c4c(Cl)cccc4CCc4cc(Br)c[n+](O)c43)CC2)cc1. The summed E-state index contributed by atoms with van der Waals surface area (Å²) in [5.74, 6) is 0.148. The van der Waals surface area contributed by atoms with Crippen molar-refractivity contribution in [2.75, 3.05) is 26.2 Å². The predicted molar refractivity (Wildman–Crippen MR) is 132 cm³/mol. The van der Waals surface area contributed by atoms with E-state index in [0.29, 0.717) is 37.6 Å². The van der Waals surface area contributed by atoms with E-state index in [4.69, 9.17) is 11.6 Å². The van der Waals surface area contributed by atoms with E-state index < -0.39 is 0 Å². The summed E-state index contributed by atoms with van der Waals surface area (Å²) < 4.78 is 4.05. The fourth-order valence-electron chi connectivity index (χ4n) is 5.15. The number of hydrogen-bond donors (Lipinski definition) is 1. The van der Waals surface area contributed by atoms with E-state index in [1.54, 1.807) is 6.20 Å². The van der Waals surface area contributed by atoms with Crippen molar-refractivity contribution < 1.29 is 19.3 Å². The number of pyridine rings is 2. The Hall–Kier alpha value is -2.48. The molecule has 1 aromatic carbocycles. The molecule has 0 saturated carbocycles. The minimum atomic E-state index is -0.175. The van der Waals surface area contributed by atoms with E-state index >= 15 is 0 Å². The van der Waals surface area contributed by atoms with Crippen molar-refractivity contribution >= 4 is 33.4 Å². The third-order valence-corrected chi connectivity index (χ3v) is 7.67. The Kier molecular flexibility index (Phi) is 6.60. The number of rotatable bonds is 3. The van der Waals surface area contributed by atoms with Crippen molar-refractivity contribution in [3.05, 3.63) is 92.4 Å².